The molecule has 3 heterocycles. The van der Waals surface area contributed by atoms with Gasteiger partial charge in [0, 0.05) is 40.2 Å². The summed E-state index contributed by atoms with van der Waals surface area (Å²) in [7, 11) is 0. The number of aromatic nitrogens is 3. The third-order valence-corrected chi connectivity index (χ3v) is 4.81. The van der Waals surface area contributed by atoms with Gasteiger partial charge in [-0.3, -0.25) is 0 Å². The zero-order chi connectivity index (χ0) is 20.0. The average molecular weight is 388 g/mol. The lowest BCUT2D eigenvalue weighted by Crippen LogP contribution is -1.89. The third-order valence-electron chi connectivity index (χ3n) is 4.81. The lowest BCUT2D eigenvalue weighted by atomic mass is 10.0. The Kier molecular flexibility index (Phi) is 3.87. The molecule has 0 bridgehead atoms. The monoisotopic (exact) mass is 388 g/mol. The zero-order valence-electron chi connectivity index (χ0n) is 15.0. The number of nitrogens with two attached hydrogens (primary N) is 1. The van der Waals surface area contributed by atoms with Gasteiger partial charge in [-0.15, -0.1) is 0 Å². The number of hydrogen-bond donors (Lipinski definition) is 2. The highest BCUT2D eigenvalue weighted by molar-refractivity contribution is 5.98. The molecule has 0 spiro atoms. The SMILES string of the molecule is Nc1cccc(-c2cnc3[nH]cc(-c4oncc4-c4cccc(F)c4F)c3c2)c1. The van der Waals surface area contributed by atoms with Crippen molar-refractivity contribution >= 4 is 16.7 Å². The fourth-order valence-electron chi connectivity index (χ4n) is 3.40. The zero-order valence-corrected chi connectivity index (χ0v) is 15.0. The Morgan fingerprint density at radius 3 is 2.62 bits per heavy atom. The summed E-state index contributed by atoms with van der Waals surface area (Å²) in [6, 6.07) is 13.4. The molecule has 142 valence electrons. The maximum atomic E-state index is 14.3. The number of halogens is 2. The summed E-state index contributed by atoms with van der Waals surface area (Å²) < 4.78 is 33.5. The van der Waals surface area contributed by atoms with Crippen LogP contribution in [0.25, 0.3) is 44.6 Å². The van der Waals surface area contributed by atoms with Gasteiger partial charge in [0.1, 0.15) is 5.65 Å². The van der Waals surface area contributed by atoms with E-state index in [-0.39, 0.29) is 5.56 Å². The van der Waals surface area contributed by atoms with Crippen LogP contribution in [0.15, 0.2) is 71.6 Å². The Morgan fingerprint density at radius 2 is 1.76 bits per heavy atom. The third kappa shape index (κ3) is 2.84. The highest BCUT2D eigenvalue weighted by Crippen LogP contribution is 2.38. The number of nitrogens with zero attached hydrogens (tertiary/aromatic N) is 2. The normalized spacial score (nSPS) is 11.2. The Morgan fingerprint density at radius 1 is 0.897 bits per heavy atom. The van der Waals surface area contributed by atoms with Crippen LogP contribution in [0, 0.1) is 11.6 Å². The minimum atomic E-state index is -0.949. The molecule has 0 unspecified atom stereocenters. The summed E-state index contributed by atoms with van der Waals surface area (Å²) in [5.74, 6) is -1.55. The summed E-state index contributed by atoms with van der Waals surface area (Å²) in [5.41, 5.74) is 10.0. The van der Waals surface area contributed by atoms with E-state index in [4.69, 9.17) is 10.3 Å². The molecule has 3 N–H and O–H groups in total. The first kappa shape index (κ1) is 17.1. The second-order valence-electron chi connectivity index (χ2n) is 6.62. The van der Waals surface area contributed by atoms with Gasteiger partial charge < -0.3 is 15.2 Å². The van der Waals surface area contributed by atoms with Gasteiger partial charge in [-0.25, -0.2) is 13.8 Å². The van der Waals surface area contributed by atoms with Crippen LogP contribution in [0.4, 0.5) is 14.5 Å². The first-order chi connectivity index (χ1) is 14.1. The van der Waals surface area contributed by atoms with Crippen molar-refractivity contribution in [2.45, 2.75) is 0 Å². The van der Waals surface area contributed by atoms with Crippen molar-refractivity contribution in [3.8, 4) is 33.6 Å². The standard InChI is InChI=1S/C22H14F2N4O/c23-19-6-2-5-15(20(19)24)18-11-28-29-21(18)17-10-27-22-16(17)8-13(9-26-22)12-3-1-4-14(25)7-12/h1-11H,25H2,(H,26,27). The van der Waals surface area contributed by atoms with E-state index in [0.29, 0.717) is 28.2 Å². The second-order valence-corrected chi connectivity index (χ2v) is 6.62. The van der Waals surface area contributed by atoms with Crippen LogP contribution < -0.4 is 5.73 Å². The molecule has 5 aromatic rings. The van der Waals surface area contributed by atoms with Crippen LogP contribution in [-0.2, 0) is 0 Å². The fraction of sp³-hybridized carbons (Fsp3) is 0. The van der Waals surface area contributed by atoms with E-state index in [2.05, 4.69) is 15.1 Å². The van der Waals surface area contributed by atoms with Crippen molar-refractivity contribution in [2.75, 3.05) is 5.73 Å². The smallest absolute Gasteiger partial charge is 0.176 e. The van der Waals surface area contributed by atoms with E-state index in [1.807, 2.05) is 30.3 Å². The largest absolute Gasteiger partial charge is 0.399 e. The Labute approximate surface area is 163 Å². The Bertz CT molecular complexity index is 1360. The summed E-state index contributed by atoms with van der Waals surface area (Å²) in [6.07, 6.45) is 4.83. The van der Waals surface area contributed by atoms with Crippen LogP contribution in [0.3, 0.4) is 0 Å². The van der Waals surface area contributed by atoms with Crippen molar-refractivity contribution < 1.29 is 13.3 Å². The molecule has 0 fully saturated rings. The maximum Gasteiger partial charge on any atom is 0.176 e. The molecule has 0 radical (unpaired) electrons. The Balaban J connectivity index is 1.68. The lowest BCUT2D eigenvalue weighted by molar-refractivity contribution is 0.432. The fourth-order valence-corrected chi connectivity index (χ4v) is 3.40. The van der Waals surface area contributed by atoms with Crippen molar-refractivity contribution in [3.05, 3.63) is 78.8 Å². The molecule has 0 saturated heterocycles. The second kappa shape index (κ2) is 6.56. The molecule has 5 rings (SSSR count). The van der Waals surface area contributed by atoms with E-state index in [0.717, 1.165) is 22.6 Å². The van der Waals surface area contributed by atoms with Gasteiger partial charge in [-0.1, -0.05) is 29.4 Å². The topological polar surface area (TPSA) is 80.7 Å². The van der Waals surface area contributed by atoms with Crippen LogP contribution in [0.2, 0.25) is 0 Å². The van der Waals surface area contributed by atoms with Gasteiger partial charge >= 0.3 is 0 Å². The minimum Gasteiger partial charge on any atom is -0.399 e. The van der Waals surface area contributed by atoms with Gasteiger partial charge in [0.25, 0.3) is 0 Å². The van der Waals surface area contributed by atoms with Crippen molar-refractivity contribution in [1.82, 2.24) is 15.1 Å². The molecule has 7 heteroatoms. The predicted octanol–water partition coefficient (Wildman–Crippen LogP) is 5.41. The molecule has 0 aliphatic heterocycles. The highest BCUT2D eigenvalue weighted by atomic mass is 19.2. The van der Waals surface area contributed by atoms with Crippen LogP contribution in [0.1, 0.15) is 0 Å². The van der Waals surface area contributed by atoms with E-state index >= 15 is 0 Å². The molecule has 0 aliphatic rings. The quantitative estimate of drug-likeness (QED) is 0.405. The van der Waals surface area contributed by atoms with Crippen LogP contribution in [-0.4, -0.2) is 15.1 Å². The average Bonchev–Trinajstić information content (AvgIpc) is 3.36. The molecule has 5 nitrogen and oxygen atoms in total. The van der Waals surface area contributed by atoms with Crippen molar-refractivity contribution in [1.29, 1.82) is 0 Å². The molecular formula is C22H14F2N4O. The van der Waals surface area contributed by atoms with E-state index < -0.39 is 11.6 Å². The maximum absolute atomic E-state index is 14.3. The van der Waals surface area contributed by atoms with Gasteiger partial charge in [0.2, 0.25) is 0 Å². The number of nitrogens with one attached hydrogen (secondary N) is 1. The highest BCUT2D eigenvalue weighted by Gasteiger charge is 2.21. The number of anilines is 1. The van der Waals surface area contributed by atoms with Crippen molar-refractivity contribution in [2.24, 2.45) is 0 Å². The number of rotatable bonds is 3. The van der Waals surface area contributed by atoms with Gasteiger partial charge in [0.15, 0.2) is 17.4 Å². The number of benzene rings is 2. The number of hydrogen-bond acceptors (Lipinski definition) is 4. The van der Waals surface area contributed by atoms with E-state index in [1.54, 1.807) is 12.4 Å². The summed E-state index contributed by atoms with van der Waals surface area (Å²) >= 11 is 0. The van der Waals surface area contributed by atoms with E-state index in [9.17, 15) is 8.78 Å². The number of H-pyrrole nitrogens is 1. The molecule has 2 aromatic carbocycles. The van der Waals surface area contributed by atoms with Gasteiger partial charge in [-0.05, 0) is 29.8 Å². The Hall–Kier alpha value is -4.00. The molecule has 0 amide bonds. The lowest BCUT2D eigenvalue weighted by Gasteiger charge is -2.05. The molecule has 0 aliphatic carbocycles. The number of nitrogen functional groups attached to an aromatic ring is 1. The first-order valence-corrected chi connectivity index (χ1v) is 8.84. The number of pyridine rings is 1. The summed E-state index contributed by atoms with van der Waals surface area (Å²) in [5, 5.41) is 4.57. The van der Waals surface area contributed by atoms with Gasteiger partial charge in [-0.2, -0.15) is 0 Å². The molecular weight excluding hydrogens is 374 g/mol. The number of aromatic amines is 1. The predicted molar refractivity (Wildman–Crippen MR) is 107 cm³/mol. The van der Waals surface area contributed by atoms with Gasteiger partial charge in [0.05, 0.1) is 11.8 Å². The van der Waals surface area contributed by atoms with Crippen molar-refractivity contribution in [3.63, 3.8) is 0 Å². The molecule has 0 atom stereocenters. The van der Waals surface area contributed by atoms with E-state index in [1.165, 1.54) is 18.3 Å². The summed E-state index contributed by atoms with van der Waals surface area (Å²) in [4.78, 5) is 7.54. The molecule has 29 heavy (non-hydrogen) atoms. The summed E-state index contributed by atoms with van der Waals surface area (Å²) in [6.45, 7) is 0. The first-order valence-electron chi connectivity index (χ1n) is 8.84. The molecule has 3 aromatic heterocycles. The number of fused-ring (bicyclic) bond motifs is 1. The van der Waals surface area contributed by atoms with Crippen LogP contribution >= 0.6 is 0 Å². The minimum absolute atomic E-state index is 0.0792. The molecule has 0 saturated carbocycles. The van der Waals surface area contributed by atoms with Crippen LogP contribution in [0.5, 0.6) is 0 Å².